The maximum Gasteiger partial charge on any atom is 0.362 e. The van der Waals surface area contributed by atoms with Crippen molar-refractivity contribution in [1.29, 1.82) is 0 Å². The van der Waals surface area contributed by atoms with E-state index < -0.39 is 16.5 Å². The standard InChI is InChI=1S/C11H12O3.C6H7N5O4S/c1-13-11(12)8-5-9-14-10-6-3-2-4-7-10;1-3-7-4(10-6(8-3)15-2)9-5(12)11-16(13)14/h2-8H,9H2,1H3;1-2H3,(H,7,8,9,10,12). The van der Waals surface area contributed by atoms with Crippen LogP contribution in [-0.2, 0) is 20.0 Å². The number of nitrogens with one attached hydrogen (secondary N) is 1. The number of aryl methyl sites for hydroxylation is 1. The summed E-state index contributed by atoms with van der Waals surface area (Å²) in [6.45, 7) is 1.92. The SMILES string of the molecule is COC(=O)C=CCOc1ccccc1.COc1nc(C)nc(NC(=O)N=S(=O)=O)n1. The predicted octanol–water partition coefficient (Wildman–Crippen LogP) is 1.58. The highest BCUT2D eigenvalue weighted by atomic mass is 32.2. The van der Waals surface area contributed by atoms with Crippen LogP contribution in [0.5, 0.6) is 11.8 Å². The number of rotatable bonds is 6. The van der Waals surface area contributed by atoms with Gasteiger partial charge in [0.15, 0.2) is 0 Å². The number of anilines is 1. The van der Waals surface area contributed by atoms with E-state index in [4.69, 9.17) is 9.47 Å². The van der Waals surface area contributed by atoms with Crippen molar-refractivity contribution in [2.75, 3.05) is 26.1 Å². The third-order valence-electron chi connectivity index (χ3n) is 2.83. The second-order valence-electron chi connectivity index (χ2n) is 4.98. The van der Waals surface area contributed by atoms with Crippen molar-refractivity contribution in [3.8, 4) is 11.8 Å². The van der Waals surface area contributed by atoms with E-state index in [1.54, 1.807) is 13.0 Å². The summed E-state index contributed by atoms with van der Waals surface area (Å²) in [6, 6.07) is 8.31. The van der Waals surface area contributed by atoms with Gasteiger partial charge < -0.3 is 14.2 Å². The van der Waals surface area contributed by atoms with Gasteiger partial charge in [-0.1, -0.05) is 22.6 Å². The number of hydrogen-bond acceptors (Lipinski definition) is 10. The molecule has 30 heavy (non-hydrogen) atoms. The zero-order chi connectivity index (χ0) is 22.4. The fourth-order valence-electron chi connectivity index (χ4n) is 1.66. The molecule has 2 rings (SSSR count). The molecule has 160 valence electrons. The molecule has 0 aliphatic heterocycles. The predicted molar refractivity (Wildman–Crippen MR) is 105 cm³/mol. The lowest BCUT2D eigenvalue weighted by atomic mass is 10.3. The van der Waals surface area contributed by atoms with Crippen LogP contribution in [-0.4, -0.2) is 56.2 Å². The van der Waals surface area contributed by atoms with Gasteiger partial charge in [-0.25, -0.2) is 9.59 Å². The zero-order valence-electron chi connectivity index (χ0n) is 16.3. The van der Waals surface area contributed by atoms with Crippen molar-refractivity contribution in [2.45, 2.75) is 6.92 Å². The van der Waals surface area contributed by atoms with Gasteiger partial charge in [-0.05, 0) is 25.1 Å². The molecular weight excluding hydrogens is 418 g/mol. The molecule has 0 saturated heterocycles. The molecule has 0 unspecified atom stereocenters. The van der Waals surface area contributed by atoms with Crippen molar-refractivity contribution in [2.24, 2.45) is 4.36 Å². The first kappa shape index (κ1) is 24.2. The molecule has 0 aliphatic carbocycles. The molecule has 13 heteroatoms. The van der Waals surface area contributed by atoms with Gasteiger partial charge in [-0.3, -0.25) is 5.32 Å². The van der Waals surface area contributed by atoms with Crippen LogP contribution >= 0.6 is 0 Å². The number of methoxy groups -OCH3 is 2. The molecule has 0 saturated carbocycles. The van der Waals surface area contributed by atoms with Gasteiger partial charge >= 0.3 is 28.5 Å². The Morgan fingerprint density at radius 3 is 2.43 bits per heavy atom. The number of carbonyl (C=O) groups excluding carboxylic acids is 2. The number of benzene rings is 1. The molecule has 0 aliphatic rings. The molecule has 1 aromatic carbocycles. The number of carbonyl (C=O) groups is 2. The summed E-state index contributed by atoms with van der Waals surface area (Å²) >= 11 is 0. The van der Waals surface area contributed by atoms with Gasteiger partial charge in [0.2, 0.25) is 5.95 Å². The fraction of sp³-hybridized carbons (Fsp3) is 0.235. The zero-order valence-corrected chi connectivity index (χ0v) is 17.1. The molecule has 0 fully saturated rings. The minimum absolute atomic E-state index is 0.00560. The highest BCUT2D eigenvalue weighted by molar-refractivity contribution is 7.62. The van der Waals surface area contributed by atoms with Crippen molar-refractivity contribution in [3.05, 3.63) is 48.3 Å². The summed E-state index contributed by atoms with van der Waals surface area (Å²) in [5.74, 6) is 0.581. The lowest BCUT2D eigenvalue weighted by Crippen LogP contribution is -2.11. The number of amides is 2. The van der Waals surface area contributed by atoms with E-state index in [1.807, 2.05) is 35.6 Å². The maximum atomic E-state index is 10.9. The minimum atomic E-state index is -2.82. The van der Waals surface area contributed by atoms with Crippen molar-refractivity contribution in [1.82, 2.24) is 15.0 Å². The molecular formula is C17H19N5O7S. The normalized spacial score (nSPS) is 9.70. The Labute approximate surface area is 173 Å². The van der Waals surface area contributed by atoms with E-state index >= 15 is 0 Å². The highest BCUT2D eigenvalue weighted by Crippen LogP contribution is 2.08. The van der Waals surface area contributed by atoms with E-state index in [-0.39, 0.29) is 17.9 Å². The van der Waals surface area contributed by atoms with Crippen LogP contribution in [0.25, 0.3) is 0 Å². The average molecular weight is 437 g/mol. The summed E-state index contributed by atoms with van der Waals surface area (Å²) in [4.78, 5) is 32.7. The molecule has 0 radical (unpaired) electrons. The van der Waals surface area contributed by atoms with Crippen molar-refractivity contribution in [3.63, 3.8) is 0 Å². The van der Waals surface area contributed by atoms with Crippen LogP contribution in [0, 0.1) is 6.92 Å². The Kier molecular flexibility index (Phi) is 10.7. The summed E-state index contributed by atoms with van der Waals surface area (Å²) in [5.41, 5.74) is 0. The Hall–Kier alpha value is -3.87. The minimum Gasteiger partial charge on any atom is -0.490 e. The van der Waals surface area contributed by atoms with E-state index in [2.05, 4.69) is 24.1 Å². The highest BCUT2D eigenvalue weighted by Gasteiger charge is 2.07. The van der Waals surface area contributed by atoms with Crippen LogP contribution in [0.1, 0.15) is 5.82 Å². The molecule has 0 spiro atoms. The van der Waals surface area contributed by atoms with E-state index in [0.717, 1.165) is 5.75 Å². The molecule has 1 heterocycles. The van der Waals surface area contributed by atoms with Gasteiger partial charge in [-0.15, -0.1) is 0 Å². The molecule has 0 bridgehead atoms. The molecule has 1 aromatic heterocycles. The van der Waals surface area contributed by atoms with Crippen LogP contribution < -0.4 is 14.8 Å². The Morgan fingerprint density at radius 2 is 1.83 bits per heavy atom. The molecule has 2 amide bonds. The first-order chi connectivity index (χ1) is 14.3. The second-order valence-corrected chi connectivity index (χ2v) is 5.60. The third kappa shape index (κ3) is 10.5. The molecule has 0 atom stereocenters. The second kappa shape index (κ2) is 13.3. The van der Waals surface area contributed by atoms with Crippen LogP contribution in [0.4, 0.5) is 10.7 Å². The summed E-state index contributed by atoms with van der Waals surface area (Å²) in [7, 11) is -0.139. The number of para-hydroxylation sites is 1. The van der Waals surface area contributed by atoms with Gasteiger partial charge in [0.25, 0.3) is 0 Å². The van der Waals surface area contributed by atoms with Crippen molar-refractivity contribution < 1.29 is 32.2 Å². The topological polar surface area (TPSA) is 159 Å². The Bertz CT molecular complexity index is 1000. The largest absolute Gasteiger partial charge is 0.490 e. The van der Waals surface area contributed by atoms with Crippen LogP contribution in [0.15, 0.2) is 46.8 Å². The fourth-order valence-corrected chi connectivity index (χ4v) is 1.85. The Balaban J connectivity index is 0.000000303. The Morgan fingerprint density at radius 1 is 1.13 bits per heavy atom. The van der Waals surface area contributed by atoms with E-state index in [9.17, 15) is 18.0 Å². The molecule has 12 nitrogen and oxygen atoms in total. The van der Waals surface area contributed by atoms with Gasteiger partial charge in [0.05, 0.1) is 14.2 Å². The average Bonchev–Trinajstić information content (AvgIpc) is 2.71. The summed E-state index contributed by atoms with van der Waals surface area (Å²) in [6.07, 6.45) is 2.95. The van der Waals surface area contributed by atoms with Gasteiger partial charge in [-0.2, -0.15) is 23.4 Å². The van der Waals surface area contributed by atoms with Gasteiger partial charge in [0.1, 0.15) is 18.2 Å². The number of aromatic nitrogens is 3. The number of hydrogen-bond donors (Lipinski definition) is 1. The first-order valence-electron chi connectivity index (χ1n) is 8.15. The monoisotopic (exact) mass is 437 g/mol. The molecule has 2 aromatic rings. The van der Waals surface area contributed by atoms with Crippen LogP contribution in [0.3, 0.4) is 0 Å². The van der Waals surface area contributed by atoms with Gasteiger partial charge in [0, 0.05) is 6.08 Å². The lowest BCUT2D eigenvalue weighted by molar-refractivity contribution is -0.134. The van der Waals surface area contributed by atoms with Crippen molar-refractivity contribution >= 4 is 28.4 Å². The quantitative estimate of drug-likeness (QED) is 0.519. The molecule has 1 N–H and O–H groups in total. The number of esters is 1. The van der Waals surface area contributed by atoms with E-state index in [1.165, 1.54) is 20.3 Å². The first-order valence-corrected chi connectivity index (χ1v) is 9.18. The number of urea groups is 1. The number of ether oxygens (including phenoxy) is 3. The summed E-state index contributed by atoms with van der Waals surface area (Å²) < 4.78 is 37.3. The smallest absolute Gasteiger partial charge is 0.362 e. The summed E-state index contributed by atoms with van der Waals surface area (Å²) in [5, 5.41) is 2.05. The lowest BCUT2D eigenvalue weighted by Gasteiger charge is -2.02. The third-order valence-corrected chi connectivity index (χ3v) is 3.14. The number of nitrogens with zero attached hydrogens (tertiary/aromatic N) is 4. The maximum absolute atomic E-state index is 10.9. The van der Waals surface area contributed by atoms with Crippen LogP contribution in [0.2, 0.25) is 0 Å². The van der Waals surface area contributed by atoms with E-state index in [0.29, 0.717) is 12.4 Å².